The summed E-state index contributed by atoms with van der Waals surface area (Å²) in [6, 6.07) is 6.71. The van der Waals surface area contributed by atoms with Crippen molar-refractivity contribution in [3.63, 3.8) is 0 Å². The topological polar surface area (TPSA) is 102 Å². The first-order valence-electron chi connectivity index (χ1n) is 9.70. The molecule has 10 heteroatoms. The Morgan fingerprint density at radius 2 is 1.97 bits per heavy atom. The number of hydrogen-bond donors (Lipinski definition) is 2. The zero-order chi connectivity index (χ0) is 22.4. The Balaban J connectivity index is 1.77. The fraction of sp³-hybridized carbons (Fsp3) is 0.381. The van der Waals surface area contributed by atoms with E-state index in [2.05, 4.69) is 15.6 Å². The standard InChI is InChI=1S/C21H25FN4O5/c1-14-5-6-16(12-23-14)24-19(27)25-17-9-15(22)10-18(11-17)31-21(13-29-2)7-4-8-26(21)20(28)30-3/h5-6,9-12H,4,7-8,13H2,1-3H3,(H2,24,25,27)/t21-/m0/s1. The van der Waals surface area contributed by atoms with E-state index < -0.39 is 23.7 Å². The average molecular weight is 432 g/mol. The van der Waals surface area contributed by atoms with Crippen molar-refractivity contribution in [3.8, 4) is 5.75 Å². The monoisotopic (exact) mass is 432 g/mol. The molecule has 1 aromatic heterocycles. The minimum atomic E-state index is -1.14. The third-order valence-corrected chi connectivity index (χ3v) is 4.81. The summed E-state index contributed by atoms with van der Waals surface area (Å²) in [5.74, 6) is -0.472. The number of methoxy groups -OCH3 is 2. The van der Waals surface area contributed by atoms with Crippen LogP contribution in [-0.4, -0.2) is 55.1 Å². The molecule has 2 heterocycles. The molecule has 3 rings (SSSR count). The minimum absolute atomic E-state index is 0.0717. The fourth-order valence-electron chi connectivity index (χ4n) is 3.48. The van der Waals surface area contributed by atoms with Gasteiger partial charge < -0.3 is 24.8 Å². The van der Waals surface area contributed by atoms with Crippen LogP contribution in [0.2, 0.25) is 0 Å². The zero-order valence-electron chi connectivity index (χ0n) is 17.6. The number of urea groups is 1. The molecule has 0 unspecified atom stereocenters. The third-order valence-electron chi connectivity index (χ3n) is 4.81. The van der Waals surface area contributed by atoms with Gasteiger partial charge >= 0.3 is 12.1 Å². The van der Waals surface area contributed by atoms with Crippen LogP contribution in [0, 0.1) is 12.7 Å². The second kappa shape index (κ2) is 9.61. The number of aromatic nitrogens is 1. The first-order valence-corrected chi connectivity index (χ1v) is 9.70. The van der Waals surface area contributed by atoms with Crippen molar-refractivity contribution in [3.05, 3.63) is 48.0 Å². The number of amides is 3. The summed E-state index contributed by atoms with van der Waals surface area (Å²) in [7, 11) is 2.77. The predicted molar refractivity (Wildman–Crippen MR) is 112 cm³/mol. The van der Waals surface area contributed by atoms with Gasteiger partial charge in [-0.15, -0.1) is 0 Å². The summed E-state index contributed by atoms with van der Waals surface area (Å²) in [6.45, 7) is 2.33. The van der Waals surface area contributed by atoms with Gasteiger partial charge in [0.05, 0.1) is 19.0 Å². The molecule has 2 N–H and O–H groups in total. The molecular formula is C21H25FN4O5. The van der Waals surface area contributed by atoms with Crippen LogP contribution in [0.25, 0.3) is 0 Å². The normalized spacial score (nSPS) is 17.9. The Hall–Kier alpha value is -3.40. The third kappa shape index (κ3) is 5.40. The van der Waals surface area contributed by atoms with Gasteiger partial charge in [-0.1, -0.05) is 0 Å². The highest BCUT2D eigenvalue weighted by atomic mass is 19.1. The number of ether oxygens (including phenoxy) is 3. The van der Waals surface area contributed by atoms with Gasteiger partial charge in [0.1, 0.15) is 18.2 Å². The minimum Gasteiger partial charge on any atom is -0.465 e. The van der Waals surface area contributed by atoms with E-state index in [1.165, 1.54) is 37.4 Å². The van der Waals surface area contributed by atoms with E-state index >= 15 is 0 Å². The first-order chi connectivity index (χ1) is 14.8. The lowest BCUT2D eigenvalue weighted by Gasteiger charge is -2.37. The maximum absolute atomic E-state index is 14.3. The summed E-state index contributed by atoms with van der Waals surface area (Å²) in [4.78, 5) is 30.0. The van der Waals surface area contributed by atoms with E-state index in [0.29, 0.717) is 25.1 Å². The second-order valence-corrected chi connectivity index (χ2v) is 7.15. The van der Waals surface area contributed by atoms with Crippen molar-refractivity contribution < 1.29 is 28.2 Å². The molecule has 166 valence electrons. The van der Waals surface area contributed by atoms with Crippen molar-refractivity contribution >= 4 is 23.5 Å². The summed E-state index contributed by atoms with van der Waals surface area (Å²) in [6.07, 6.45) is 2.11. The van der Waals surface area contributed by atoms with E-state index in [1.807, 2.05) is 6.92 Å². The molecule has 1 aromatic carbocycles. The van der Waals surface area contributed by atoms with Gasteiger partial charge in [-0.05, 0) is 31.5 Å². The van der Waals surface area contributed by atoms with Crippen molar-refractivity contribution in [2.75, 3.05) is 38.0 Å². The van der Waals surface area contributed by atoms with E-state index in [1.54, 1.807) is 12.1 Å². The SMILES string of the molecule is COC[C@@]1(Oc2cc(F)cc(NC(=O)Nc3ccc(C)nc3)c2)CCCN1C(=O)OC. The summed E-state index contributed by atoms with van der Waals surface area (Å²) in [5.41, 5.74) is 0.358. The molecule has 3 amide bonds. The molecule has 1 saturated heterocycles. The maximum atomic E-state index is 14.3. The van der Waals surface area contributed by atoms with Gasteiger partial charge in [0.2, 0.25) is 5.72 Å². The van der Waals surface area contributed by atoms with Crippen molar-refractivity contribution in [2.24, 2.45) is 0 Å². The Morgan fingerprint density at radius 1 is 1.19 bits per heavy atom. The highest BCUT2D eigenvalue weighted by molar-refractivity contribution is 5.99. The predicted octanol–water partition coefficient (Wildman–Crippen LogP) is 3.76. The number of aryl methyl sites for hydroxylation is 1. The summed E-state index contributed by atoms with van der Waals surface area (Å²) < 4.78 is 30.4. The molecule has 1 aliphatic heterocycles. The largest absolute Gasteiger partial charge is 0.465 e. The molecule has 0 bridgehead atoms. The molecule has 0 spiro atoms. The Morgan fingerprint density at radius 3 is 2.65 bits per heavy atom. The molecule has 2 aromatic rings. The molecule has 1 fully saturated rings. The molecule has 0 radical (unpaired) electrons. The van der Waals surface area contributed by atoms with Gasteiger partial charge in [-0.2, -0.15) is 0 Å². The van der Waals surface area contributed by atoms with Gasteiger partial charge in [0.25, 0.3) is 0 Å². The maximum Gasteiger partial charge on any atom is 0.412 e. The number of likely N-dealkylation sites (tertiary alicyclic amines) is 1. The molecule has 1 aliphatic rings. The van der Waals surface area contributed by atoms with E-state index in [9.17, 15) is 14.0 Å². The number of halogens is 1. The molecule has 0 saturated carbocycles. The molecule has 9 nitrogen and oxygen atoms in total. The van der Waals surface area contributed by atoms with Crippen LogP contribution in [-0.2, 0) is 9.47 Å². The Kier molecular flexibility index (Phi) is 6.91. The van der Waals surface area contributed by atoms with Gasteiger partial charge in [-0.25, -0.2) is 14.0 Å². The van der Waals surface area contributed by atoms with Crippen molar-refractivity contribution in [1.82, 2.24) is 9.88 Å². The smallest absolute Gasteiger partial charge is 0.412 e. The number of pyridine rings is 1. The van der Waals surface area contributed by atoms with E-state index in [4.69, 9.17) is 14.2 Å². The fourth-order valence-corrected chi connectivity index (χ4v) is 3.48. The Labute approximate surface area is 179 Å². The number of carbonyl (C=O) groups excluding carboxylic acids is 2. The van der Waals surface area contributed by atoms with Crippen LogP contribution in [0.15, 0.2) is 36.5 Å². The van der Waals surface area contributed by atoms with Crippen LogP contribution in [0.5, 0.6) is 5.75 Å². The Bertz CT molecular complexity index is 940. The number of rotatable bonds is 6. The number of nitrogens with zero attached hydrogens (tertiary/aromatic N) is 2. The van der Waals surface area contributed by atoms with Crippen LogP contribution < -0.4 is 15.4 Å². The summed E-state index contributed by atoms with van der Waals surface area (Å²) in [5, 5.41) is 5.19. The number of anilines is 2. The lowest BCUT2D eigenvalue weighted by Crippen LogP contribution is -2.54. The van der Waals surface area contributed by atoms with E-state index in [-0.39, 0.29) is 18.0 Å². The lowest BCUT2D eigenvalue weighted by molar-refractivity contribution is -0.0915. The second-order valence-electron chi connectivity index (χ2n) is 7.15. The molecule has 1 atom stereocenters. The zero-order valence-corrected chi connectivity index (χ0v) is 17.6. The number of carbonyl (C=O) groups is 2. The molecule has 0 aliphatic carbocycles. The quantitative estimate of drug-likeness (QED) is 0.721. The van der Waals surface area contributed by atoms with E-state index in [0.717, 1.165) is 11.8 Å². The van der Waals surface area contributed by atoms with Gasteiger partial charge in [0, 0.05) is 43.6 Å². The number of benzene rings is 1. The summed E-state index contributed by atoms with van der Waals surface area (Å²) >= 11 is 0. The number of nitrogens with one attached hydrogen (secondary N) is 2. The lowest BCUT2D eigenvalue weighted by atomic mass is 10.1. The first kappa shape index (κ1) is 22.3. The number of hydrogen-bond acceptors (Lipinski definition) is 6. The van der Waals surface area contributed by atoms with Crippen LogP contribution >= 0.6 is 0 Å². The average Bonchev–Trinajstić information content (AvgIpc) is 3.12. The highest BCUT2D eigenvalue weighted by Gasteiger charge is 2.47. The van der Waals surface area contributed by atoms with Crippen LogP contribution in [0.3, 0.4) is 0 Å². The van der Waals surface area contributed by atoms with Crippen LogP contribution in [0.1, 0.15) is 18.5 Å². The van der Waals surface area contributed by atoms with Crippen molar-refractivity contribution in [1.29, 1.82) is 0 Å². The van der Waals surface area contributed by atoms with Crippen LogP contribution in [0.4, 0.5) is 25.4 Å². The highest BCUT2D eigenvalue weighted by Crippen LogP contribution is 2.34. The molecule has 31 heavy (non-hydrogen) atoms. The van der Waals surface area contributed by atoms with Gasteiger partial charge in [0.15, 0.2) is 0 Å². The van der Waals surface area contributed by atoms with Gasteiger partial charge in [-0.3, -0.25) is 9.88 Å². The molecular weight excluding hydrogens is 407 g/mol. The van der Waals surface area contributed by atoms with Crippen molar-refractivity contribution in [2.45, 2.75) is 25.5 Å².